The van der Waals surface area contributed by atoms with E-state index in [9.17, 15) is 9.59 Å². The maximum absolute atomic E-state index is 12.7. The van der Waals surface area contributed by atoms with Crippen LogP contribution >= 0.6 is 23.1 Å². The molecule has 0 saturated carbocycles. The van der Waals surface area contributed by atoms with Gasteiger partial charge in [-0.3, -0.25) is 14.5 Å². The lowest BCUT2D eigenvalue weighted by Gasteiger charge is -2.30. The number of nitrogens with zero attached hydrogens (tertiary/aromatic N) is 2. The second-order valence-corrected chi connectivity index (χ2v) is 11.7. The predicted octanol–water partition coefficient (Wildman–Crippen LogP) is 4.97. The number of piperidine rings is 1. The fourth-order valence-corrected chi connectivity index (χ4v) is 6.86. The maximum Gasteiger partial charge on any atom is 0.259 e. The van der Waals surface area contributed by atoms with Crippen LogP contribution in [-0.2, 0) is 29.9 Å². The standard InChI is InChI=1S/C26H32N4O2S2/c1-17-10-12-30(13-11-17)14-18-6-8-19(9-7-18)27-23(31)16-33-15-22-28-25(32)24-20-4-2-3-5-21(20)34-26(24)29-22/h6-9,17H,2-5,10-16H2,1H3,(H,27,31)(H,28,29,32). The van der Waals surface area contributed by atoms with Crippen LogP contribution in [0.2, 0.25) is 0 Å². The Kier molecular flexibility index (Phi) is 7.37. The van der Waals surface area contributed by atoms with Crippen LogP contribution in [0, 0.1) is 5.92 Å². The number of thiophene rings is 1. The molecule has 2 N–H and O–H groups in total. The van der Waals surface area contributed by atoms with Gasteiger partial charge in [0.1, 0.15) is 10.7 Å². The molecule has 1 fully saturated rings. The van der Waals surface area contributed by atoms with Crippen molar-refractivity contribution in [2.45, 2.75) is 57.7 Å². The molecule has 3 aromatic rings. The highest BCUT2D eigenvalue weighted by Gasteiger charge is 2.20. The number of nitrogens with one attached hydrogen (secondary N) is 2. The van der Waals surface area contributed by atoms with E-state index in [1.165, 1.54) is 60.1 Å². The van der Waals surface area contributed by atoms with Crippen molar-refractivity contribution in [3.8, 4) is 0 Å². The Labute approximate surface area is 208 Å². The number of aromatic nitrogens is 2. The number of aromatic amines is 1. The van der Waals surface area contributed by atoms with Crippen LogP contribution < -0.4 is 10.9 Å². The molecule has 1 aromatic carbocycles. The maximum atomic E-state index is 12.7. The minimum absolute atomic E-state index is 0.0383. The van der Waals surface area contributed by atoms with E-state index >= 15 is 0 Å². The highest BCUT2D eigenvalue weighted by Crippen LogP contribution is 2.33. The first-order valence-electron chi connectivity index (χ1n) is 12.3. The fraction of sp³-hybridized carbons (Fsp3) is 0.500. The number of carbonyl (C=O) groups excluding carboxylic acids is 1. The summed E-state index contributed by atoms with van der Waals surface area (Å²) in [6.07, 6.45) is 6.92. The van der Waals surface area contributed by atoms with E-state index in [0.717, 1.165) is 47.6 Å². The van der Waals surface area contributed by atoms with E-state index < -0.39 is 0 Å². The summed E-state index contributed by atoms with van der Waals surface area (Å²) in [5, 5.41) is 3.76. The number of rotatable bonds is 7. The number of thioether (sulfide) groups is 1. The first kappa shape index (κ1) is 23.6. The number of amides is 1. The quantitative estimate of drug-likeness (QED) is 0.483. The Bertz CT molecular complexity index is 1210. The predicted molar refractivity (Wildman–Crippen MR) is 142 cm³/mol. The van der Waals surface area contributed by atoms with Gasteiger partial charge in [0, 0.05) is 17.1 Å². The van der Waals surface area contributed by atoms with E-state index in [1.807, 2.05) is 12.1 Å². The van der Waals surface area contributed by atoms with Crippen LogP contribution in [0.15, 0.2) is 29.1 Å². The molecule has 5 rings (SSSR count). The lowest BCUT2D eigenvalue weighted by molar-refractivity contribution is -0.113. The molecule has 0 spiro atoms. The SMILES string of the molecule is CC1CCN(Cc2ccc(NC(=O)CSCc3nc4sc5c(c4c(=O)[nH]3)CCCC5)cc2)CC1. The largest absolute Gasteiger partial charge is 0.325 e. The van der Waals surface area contributed by atoms with Gasteiger partial charge >= 0.3 is 0 Å². The molecule has 2 aliphatic rings. The third-order valence-electron chi connectivity index (χ3n) is 6.87. The molecule has 0 bridgehead atoms. The summed E-state index contributed by atoms with van der Waals surface area (Å²) >= 11 is 3.12. The molecule has 2 aromatic heterocycles. The third kappa shape index (κ3) is 5.56. The van der Waals surface area contributed by atoms with E-state index in [1.54, 1.807) is 11.3 Å². The van der Waals surface area contributed by atoms with Gasteiger partial charge in [0.2, 0.25) is 5.91 Å². The molecule has 8 heteroatoms. The number of anilines is 1. The minimum atomic E-state index is -0.0437. The molecule has 180 valence electrons. The number of hydrogen-bond acceptors (Lipinski definition) is 6. The molecule has 1 aliphatic carbocycles. The van der Waals surface area contributed by atoms with Gasteiger partial charge in [-0.2, -0.15) is 0 Å². The van der Waals surface area contributed by atoms with E-state index in [2.05, 4.69) is 34.3 Å². The van der Waals surface area contributed by atoms with Crippen LogP contribution in [-0.4, -0.2) is 39.6 Å². The van der Waals surface area contributed by atoms with Gasteiger partial charge in [-0.1, -0.05) is 19.1 Å². The second kappa shape index (κ2) is 10.6. The summed E-state index contributed by atoms with van der Waals surface area (Å²) in [5.41, 5.74) is 3.26. The number of H-pyrrole nitrogens is 1. The van der Waals surface area contributed by atoms with E-state index in [4.69, 9.17) is 4.98 Å². The molecule has 3 heterocycles. The summed E-state index contributed by atoms with van der Waals surface area (Å²) < 4.78 is 0. The Morgan fingerprint density at radius 1 is 1.21 bits per heavy atom. The highest BCUT2D eigenvalue weighted by molar-refractivity contribution is 7.99. The first-order chi connectivity index (χ1) is 16.5. The van der Waals surface area contributed by atoms with Gasteiger partial charge in [0.25, 0.3) is 5.56 Å². The number of carbonyl (C=O) groups is 1. The smallest absolute Gasteiger partial charge is 0.259 e. The molecule has 1 saturated heterocycles. The lowest BCUT2D eigenvalue weighted by Crippen LogP contribution is -2.32. The zero-order valence-corrected chi connectivity index (χ0v) is 21.3. The van der Waals surface area contributed by atoms with Crippen molar-refractivity contribution in [2.75, 3.05) is 24.2 Å². The average molecular weight is 497 g/mol. The zero-order chi connectivity index (χ0) is 23.5. The van der Waals surface area contributed by atoms with Gasteiger partial charge in [-0.15, -0.1) is 23.1 Å². The number of likely N-dealkylation sites (tertiary alicyclic amines) is 1. The summed E-state index contributed by atoms with van der Waals surface area (Å²) in [6, 6.07) is 8.17. The van der Waals surface area contributed by atoms with Gasteiger partial charge in [0.05, 0.1) is 16.9 Å². The van der Waals surface area contributed by atoms with Gasteiger partial charge in [-0.05, 0) is 80.8 Å². The molecule has 0 atom stereocenters. The van der Waals surface area contributed by atoms with Crippen LogP contribution in [0.4, 0.5) is 5.69 Å². The van der Waals surface area contributed by atoms with Gasteiger partial charge in [0.15, 0.2) is 0 Å². The summed E-state index contributed by atoms with van der Waals surface area (Å²) in [4.78, 5) is 37.4. The first-order valence-corrected chi connectivity index (χ1v) is 14.2. The van der Waals surface area contributed by atoms with Crippen molar-refractivity contribution in [3.05, 3.63) is 56.4 Å². The number of hydrogen-bond donors (Lipinski definition) is 2. The summed E-state index contributed by atoms with van der Waals surface area (Å²) in [5.74, 6) is 2.26. The minimum Gasteiger partial charge on any atom is -0.325 e. The second-order valence-electron chi connectivity index (χ2n) is 9.60. The number of aryl methyl sites for hydroxylation is 2. The van der Waals surface area contributed by atoms with Crippen LogP contribution in [0.3, 0.4) is 0 Å². The average Bonchev–Trinajstić information content (AvgIpc) is 3.21. The Morgan fingerprint density at radius 2 is 1.97 bits per heavy atom. The molecule has 1 aliphatic heterocycles. The van der Waals surface area contributed by atoms with E-state index in [-0.39, 0.29) is 11.5 Å². The van der Waals surface area contributed by atoms with Crippen molar-refractivity contribution in [3.63, 3.8) is 0 Å². The van der Waals surface area contributed by atoms with Gasteiger partial charge < -0.3 is 10.3 Å². The number of benzene rings is 1. The molecule has 6 nitrogen and oxygen atoms in total. The van der Waals surface area contributed by atoms with Gasteiger partial charge in [-0.25, -0.2) is 4.98 Å². The van der Waals surface area contributed by atoms with Crippen molar-refractivity contribution < 1.29 is 4.79 Å². The molecule has 34 heavy (non-hydrogen) atoms. The topological polar surface area (TPSA) is 78.1 Å². The Hall–Kier alpha value is -2.16. The van der Waals surface area contributed by atoms with Crippen molar-refractivity contribution in [1.29, 1.82) is 0 Å². The molecule has 0 unspecified atom stereocenters. The highest BCUT2D eigenvalue weighted by atomic mass is 32.2. The van der Waals surface area contributed by atoms with E-state index in [0.29, 0.717) is 17.3 Å². The monoisotopic (exact) mass is 496 g/mol. The van der Waals surface area contributed by atoms with Crippen LogP contribution in [0.1, 0.15) is 54.4 Å². The van der Waals surface area contributed by atoms with Crippen LogP contribution in [0.5, 0.6) is 0 Å². The van der Waals surface area contributed by atoms with Crippen molar-refractivity contribution in [2.24, 2.45) is 5.92 Å². The number of fused-ring (bicyclic) bond motifs is 3. The Balaban J connectivity index is 1.11. The molecular formula is C26H32N4O2S2. The zero-order valence-electron chi connectivity index (χ0n) is 19.7. The van der Waals surface area contributed by atoms with Crippen LogP contribution in [0.25, 0.3) is 10.2 Å². The third-order valence-corrected chi connectivity index (χ3v) is 9.00. The fourth-order valence-electron chi connectivity index (χ4n) is 4.89. The lowest BCUT2D eigenvalue weighted by atomic mass is 9.97. The normalized spacial score (nSPS) is 17.1. The Morgan fingerprint density at radius 3 is 2.76 bits per heavy atom. The van der Waals surface area contributed by atoms with Crippen molar-refractivity contribution in [1.82, 2.24) is 14.9 Å². The van der Waals surface area contributed by atoms with Crippen molar-refractivity contribution >= 4 is 44.9 Å². The molecule has 1 amide bonds. The molecular weight excluding hydrogens is 464 g/mol. The summed E-state index contributed by atoms with van der Waals surface area (Å²) in [6.45, 7) is 5.63. The molecule has 0 radical (unpaired) electrons. The summed E-state index contributed by atoms with van der Waals surface area (Å²) in [7, 11) is 0.